The Morgan fingerprint density at radius 2 is 1.70 bits per heavy atom. The summed E-state index contributed by atoms with van der Waals surface area (Å²) in [6.07, 6.45) is 4.25. The highest BCUT2D eigenvalue weighted by atomic mass is 16.4. The van der Waals surface area contributed by atoms with Gasteiger partial charge in [-0.1, -0.05) is 19.3 Å². The topological polar surface area (TPSA) is 72.9 Å². The monoisotopic (exact) mass is 283 g/mol. The first kappa shape index (κ1) is 15.3. The average Bonchev–Trinajstić information content (AvgIpc) is 2.42. The lowest BCUT2D eigenvalue weighted by Gasteiger charge is -2.35. The van der Waals surface area contributed by atoms with E-state index in [4.69, 9.17) is 0 Å². The van der Waals surface area contributed by atoms with E-state index >= 15 is 0 Å². The Hall–Kier alpha value is -1.14. The Morgan fingerprint density at radius 1 is 1.10 bits per heavy atom. The molecule has 1 aliphatic heterocycles. The summed E-state index contributed by atoms with van der Waals surface area (Å²) in [5, 5.41) is 11.4. The van der Waals surface area contributed by atoms with Crippen molar-refractivity contribution in [3.63, 3.8) is 0 Å². The van der Waals surface area contributed by atoms with E-state index in [9.17, 15) is 14.7 Å². The lowest BCUT2D eigenvalue weighted by Crippen LogP contribution is -2.53. The molecule has 114 valence electrons. The quantitative estimate of drug-likeness (QED) is 0.794. The van der Waals surface area contributed by atoms with Gasteiger partial charge in [0.05, 0.1) is 5.41 Å². The van der Waals surface area contributed by atoms with Crippen LogP contribution in [0.5, 0.6) is 0 Å². The predicted octanol–water partition coefficient (Wildman–Crippen LogP) is 0.690. The molecule has 2 N–H and O–H groups in total. The molecule has 1 saturated carbocycles. The zero-order chi connectivity index (χ0) is 14.6. The van der Waals surface area contributed by atoms with E-state index in [0.29, 0.717) is 12.8 Å². The van der Waals surface area contributed by atoms with Gasteiger partial charge < -0.3 is 10.0 Å². The summed E-state index contributed by atoms with van der Waals surface area (Å²) in [5.41, 5.74) is 2.03. The summed E-state index contributed by atoms with van der Waals surface area (Å²) in [6, 6.07) is 0. The Kier molecular flexibility index (Phi) is 4.99. The Balaban J connectivity index is 1.87. The van der Waals surface area contributed by atoms with Crippen molar-refractivity contribution >= 4 is 11.9 Å². The molecule has 0 bridgehead atoms. The molecule has 2 aliphatic rings. The number of nitrogens with zero attached hydrogens (tertiary/aromatic N) is 2. The highest BCUT2D eigenvalue weighted by Crippen LogP contribution is 2.39. The molecular weight excluding hydrogens is 258 g/mol. The molecule has 20 heavy (non-hydrogen) atoms. The van der Waals surface area contributed by atoms with E-state index in [-0.39, 0.29) is 12.3 Å². The van der Waals surface area contributed by atoms with E-state index in [1.165, 1.54) is 0 Å². The van der Waals surface area contributed by atoms with Crippen molar-refractivity contribution in [1.82, 2.24) is 15.3 Å². The van der Waals surface area contributed by atoms with Crippen LogP contribution in [-0.4, -0.2) is 60.1 Å². The minimum Gasteiger partial charge on any atom is -0.481 e. The van der Waals surface area contributed by atoms with Crippen molar-refractivity contribution in [2.45, 2.75) is 38.5 Å². The molecule has 6 heteroatoms. The Bertz CT molecular complexity index is 359. The number of aliphatic carboxylic acids is 1. The van der Waals surface area contributed by atoms with E-state index in [1.54, 1.807) is 0 Å². The van der Waals surface area contributed by atoms with Crippen molar-refractivity contribution < 1.29 is 14.7 Å². The third kappa shape index (κ3) is 3.70. The molecule has 1 amide bonds. The molecule has 1 heterocycles. The number of carboxylic acids is 1. The number of rotatable bonds is 4. The van der Waals surface area contributed by atoms with Crippen molar-refractivity contribution in [2.75, 3.05) is 33.2 Å². The summed E-state index contributed by atoms with van der Waals surface area (Å²) in [5.74, 6) is -0.968. The number of carboxylic acid groups (broad SMARTS) is 1. The molecular formula is C14H25N3O3. The third-order valence-corrected chi connectivity index (χ3v) is 4.55. The van der Waals surface area contributed by atoms with Gasteiger partial charge in [0.15, 0.2) is 0 Å². The normalized spacial score (nSPS) is 24.2. The molecule has 6 nitrogen and oxygen atoms in total. The SMILES string of the molecule is CN1CCN(NC(=O)CC2(C(=O)O)CCCCC2)CC1. The van der Waals surface area contributed by atoms with Crippen molar-refractivity contribution in [1.29, 1.82) is 0 Å². The predicted molar refractivity (Wildman–Crippen MR) is 75.0 cm³/mol. The number of carbonyl (C=O) groups excluding carboxylic acids is 1. The maximum absolute atomic E-state index is 12.1. The van der Waals surface area contributed by atoms with Crippen LogP contribution in [0.25, 0.3) is 0 Å². The number of piperazine rings is 1. The maximum Gasteiger partial charge on any atom is 0.310 e. The minimum absolute atomic E-state index is 0.106. The fraction of sp³-hybridized carbons (Fsp3) is 0.857. The highest BCUT2D eigenvalue weighted by molar-refractivity contribution is 5.84. The molecule has 0 spiro atoms. The number of likely N-dealkylation sites (N-methyl/N-ethyl adjacent to an activating group) is 1. The second-order valence-electron chi connectivity index (χ2n) is 6.15. The number of hydrazine groups is 1. The van der Waals surface area contributed by atoms with Crippen LogP contribution < -0.4 is 5.43 Å². The minimum atomic E-state index is -0.838. The lowest BCUT2D eigenvalue weighted by atomic mass is 9.71. The first-order chi connectivity index (χ1) is 9.52. The number of hydrogen-bond donors (Lipinski definition) is 2. The van der Waals surface area contributed by atoms with E-state index in [2.05, 4.69) is 17.4 Å². The standard InChI is InChI=1S/C14H25N3O3/c1-16-7-9-17(10-8-16)15-12(18)11-14(13(19)20)5-3-2-4-6-14/h2-11H2,1H3,(H,15,18)(H,19,20). The molecule has 0 unspecified atom stereocenters. The van der Waals surface area contributed by atoms with Gasteiger partial charge in [0.25, 0.3) is 0 Å². The second kappa shape index (κ2) is 6.54. The van der Waals surface area contributed by atoms with E-state index in [0.717, 1.165) is 45.4 Å². The Labute approximate surface area is 120 Å². The summed E-state index contributed by atoms with van der Waals surface area (Å²) in [4.78, 5) is 25.9. The molecule has 2 fully saturated rings. The van der Waals surface area contributed by atoms with Gasteiger partial charge >= 0.3 is 5.97 Å². The van der Waals surface area contributed by atoms with Gasteiger partial charge in [-0.25, -0.2) is 5.01 Å². The first-order valence-corrected chi connectivity index (χ1v) is 7.48. The zero-order valence-corrected chi connectivity index (χ0v) is 12.2. The van der Waals surface area contributed by atoms with Gasteiger partial charge in [-0.3, -0.25) is 15.0 Å². The number of nitrogens with one attached hydrogen (secondary N) is 1. The fourth-order valence-electron chi connectivity index (χ4n) is 3.14. The maximum atomic E-state index is 12.1. The summed E-state index contributed by atoms with van der Waals surface area (Å²) >= 11 is 0. The van der Waals surface area contributed by atoms with Crippen LogP contribution in [0.15, 0.2) is 0 Å². The molecule has 0 atom stereocenters. The van der Waals surface area contributed by atoms with E-state index in [1.807, 2.05) is 5.01 Å². The van der Waals surface area contributed by atoms with Crippen LogP contribution in [0, 0.1) is 5.41 Å². The Morgan fingerprint density at radius 3 is 2.25 bits per heavy atom. The van der Waals surface area contributed by atoms with Gasteiger partial charge in [0, 0.05) is 32.6 Å². The van der Waals surface area contributed by atoms with Gasteiger partial charge in [-0.15, -0.1) is 0 Å². The summed E-state index contributed by atoms with van der Waals surface area (Å²) in [6.45, 7) is 3.43. The fourth-order valence-corrected chi connectivity index (χ4v) is 3.14. The first-order valence-electron chi connectivity index (χ1n) is 7.48. The molecule has 2 rings (SSSR count). The summed E-state index contributed by atoms with van der Waals surface area (Å²) in [7, 11) is 2.06. The van der Waals surface area contributed by atoms with Crippen molar-refractivity contribution in [3.8, 4) is 0 Å². The summed E-state index contributed by atoms with van der Waals surface area (Å²) < 4.78 is 0. The van der Waals surface area contributed by atoms with Gasteiger partial charge in [0.1, 0.15) is 0 Å². The van der Waals surface area contributed by atoms with Gasteiger partial charge in [0.2, 0.25) is 5.91 Å². The van der Waals surface area contributed by atoms with Crippen LogP contribution in [0.4, 0.5) is 0 Å². The molecule has 1 saturated heterocycles. The largest absolute Gasteiger partial charge is 0.481 e. The third-order valence-electron chi connectivity index (χ3n) is 4.55. The van der Waals surface area contributed by atoms with Crippen LogP contribution in [0.1, 0.15) is 38.5 Å². The second-order valence-corrected chi connectivity index (χ2v) is 6.15. The van der Waals surface area contributed by atoms with Crippen molar-refractivity contribution in [2.24, 2.45) is 5.41 Å². The van der Waals surface area contributed by atoms with Crippen LogP contribution >= 0.6 is 0 Å². The van der Waals surface area contributed by atoms with Crippen LogP contribution in [-0.2, 0) is 9.59 Å². The molecule has 0 radical (unpaired) electrons. The smallest absolute Gasteiger partial charge is 0.310 e. The lowest BCUT2D eigenvalue weighted by molar-refractivity contribution is -0.155. The number of carbonyl (C=O) groups is 2. The average molecular weight is 283 g/mol. The van der Waals surface area contributed by atoms with Crippen LogP contribution in [0.2, 0.25) is 0 Å². The molecule has 1 aliphatic carbocycles. The van der Waals surface area contributed by atoms with Gasteiger partial charge in [-0.05, 0) is 19.9 Å². The van der Waals surface area contributed by atoms with Crippen molar-refractivity contribution in [3.05, 3.63) is 0 Å². The zero-order valence-electron chi connectivity index (χ0n) is 12.2. The van der Waals surface area contributed by atoms with E-state index < -0.39 is 11.4 Å². The number of amides is 1. The highest BCUT2D eigenvalue weighted by Gasteiger charge is 2.41. The van der Waals surface area contributed by atoms with Gasteiger partial charge in [-0.2, -0.15) is 0 Å². The molecule has 0 aromatic heterocycles. The molecule has 0 aromatic rings. The van der Waals surface area contributed by atoms with Crippen LogP contribution in [0.3, 0.4) is 0 Å². The number of hydrogen-bond acceptors (Lipinski definition) is 4. The molecule has 0 aromatic carbocycles.